The van der Waals surface area contributed by atoms with Gasteiger partial charge in [0.05, 0.1) is 0 Å². The van der Waals surface area contributed by atoms with Gasteiger partial charge in [-0.2, -0.15) is 0 Å². The van der Waals surface area contributed by atoms with Crippen LogP contribution in [0.15, 0.2) is 0 Å². The number of hydrogen-bond acceptors (Lipinski definition) is 3. The smallest absolute Gasteiger partial charge is 0.324 e. The fraction of sp³-hybridized carbons (Fsp3) is 0.857. The molecule has 0 aromatic heterocycles. The van der Waals surface area contributed by atoms with Gasteiger partial charge in [-0.25, -0.2) is 4.79 Å². The van der Waals surface area contributed by atoms with Crippen LogP contribution >= 0.6 is 0 Å². The third-order valence-electron chi connectivity index (χ3n) is 4.18. The van der Waals surface area contributed by atoms with E-state index in [0.717, 1.165) is 32.0 Å². The lowest BCUT2D eigenvalue weighted by molar-refractivity contribution is -0.130. The number of amides is 3. The van der Waals surface area contributed by atoms with Crippen LogP contribution in [0.5, 0.6) is 0 Å². The predicted molar refractivity (Wildman–Crippen MR) is 73.8 cm³/mol. The van der Waals surface area contributed by atoms with E-state index in [9.17, 15) is 9.59 Å². The summed E-state index contributed by atoms with van der Waals surface area (Å²) in [5.74, 6) is 0.729. The minimum absolute atomic E-state index is 0.107. The summed E-state index contributed by atoms with van der Waals surface area (Å²) in [7, 11) is 0. The van der Waals surface area contributed by atoms with Crippen molar-refractivity contribution in [1.29, 1.82) is 0 Å². The maximum atomic E-state index is 12.0. The lowest BCUT2D eigenvalue weighted by Crippen LogP contribution is -2.40. The number of nitrogens with zero attached hydrogens (tertiary/aromatic N) is 2. The summed E-state index contributed by atoms with van der Waals surface area (Å²) in [6, 6.07) is -0.248. The summed E-state index contributed by atoms with van der Waals surface area (Å²) in [6.07, 6.45) is 3.38. The molecule has 0 aromatic rings. The largest absolute Gasteiger partial charge is 0.325 e. The molecule has 108 valence electrons. The minimum atomic E-state index is -0.738. The number of urea groups is 1. The Kier molecular flexibility index (Phi) is 4.13. The lowest BCUT2D eigenvalue weighted by Gasteiger charge is -2.30. The fourth-order valence-electron chi connectivity index (χ4n) is 2.76. The average molecular weight is 267 g/mol. The number of likely N-dealkylation sites (tertiary alicyclic amines) is 1. The van der Waals surface area contributed by atoms with Gasteiger partial charge in [-0.1, -0.05) is 6.92 Å². The van der Waals surface area contributed by atoms with E-state index in [1.807, 2.05) is 0 Å². The van der Waals surface area contributed by atoms with Crippen molar-refractivity contribution < 1.29 is 9.59 Å². The highest BCUT2D eigenvalue weighted by atomic mass is 16.2. The molecule has 0 radical (unpaired) electrons. The quantitative estimate of drug-likeness (QED) is 0.784. The molecule has 1 N–H and O–H groups in total. The van der Waals surface area contributed by atoms with Crippen molar-refractivity contribution in [2.24, 2.45) is 5.92 Å². The monoisotopic (exact) mass is 267 g/mol. The summed E-state index contributed by atoms with van der Waals surface area (Å²) in [5, 5.41) is 2.71. The normalized spacial score (nSPS) is 24.9. The van der Waals surface area contributed by atoms with Crippen molar-refractivity contribution in [1.82, 2.24) is 15.1 Å². The highest BCUT2D eigenvalue weighted by Gasteiger charge is 2.43. The molecule has 0 spiro atoms. The van der Waals surface area contributed by atoms with E-state index >= 15 is 0 Å². The van der Waals surface area contributed by atoms with Gasteiger partial charge < -0.3 is 10.2 Å². The van der Waals surface area contributed by atoms with Crippen molar-refractivity contribution in [3.8, 4) is 0 Å². The Morgan fingerprint density at radius 3 is 2.37 bits per heavy atom. The molecule has 0 saturated carbocycles. The second-order valence-electron chi connectivity index (χ2n) is 6.39. The number of carbonyl (C=O) groups excluding carboxylic acids is 2. The van der Waals surface area contributed by atoms with E-state index in [2.05, 4.69) is 17.1 Å². The van der Waals surface area contributed by atoms with Gasteiger partial charge in [-0.15, -0.1) is 0 Å². The van der Waals surface area contributed by atoms with E-state index in [-0.39, 0.29) is 11.9 Å². The van der Waals surface area contributed by atoms with E-state index in [0.29, 0.717) is 6.54 Å². The molecule has 2 aliphatic heterocycles. The van der Waals surface area contributed by atoms with Gasteiger partial charge in [0.25, 0.3) is 5.91 Å². The molecule has 2 saturated heterocycles. The first-order valence-electron chi connectivity index (χ1n) is 7.26. The van der Waals surface area contributed by atoms with Gasteiger partial charge in [0.15, 0.2) is 0 Å². The van der Waals surface area contributed by atoms with Crippen molar-refractivity contribution in [2.75, 3.05) is 26.2 Å². The summed E-state index contributed by atoms with van der Waals surface area (Å²) in [4.78, 5) is 27.5. The summed E-state index contributed by atoms with van der Waals surface area (Å²) in [6.45, 7) is 9.59. The highest BCUT2D eigenvalue weighted by Crippen LogP contribution is 2.18. The van der Waals surface area contributed by atoms with E-state index in [4.69, 9.17) is 0 Å². The fourth-order valence-corrected chi connectivity index (χ4v) is 2.76. The van der Waals surface area contributed by atoms with Gasteiger partial charge in [0.1, 0.15) is 5.54 Å². The lowest BCUT2D eigenvalue weighted by atomic mass is 9.99. The van der Waals surface area contributed by atoms with Crippen LogP contribution in [0.1, 0.15) is 40.0 Å². The molecule has 0 atom stereocenters. The summed E-state index contributed by atoms with van der Waals surface area (Å²) >= 11 is 0. The van der Waals surface area contributed by atoms with Crippen LogP contribution in [0.3, 0.4) is 0 Å². The molecule has 0 aromatic carbocycles. The zero-order chi connectivity index (χ0) is 14.0. The van der Waals surface area contributed by atoms with E-state index < -0.39 is 5.54 Å². The molecule has 5 heteroatoms. The van der Waals surface area contributed by atoms with Gasteiger partial charge in [0.2, 0.25) is 0 Å². The van der Waals surface area contributed by atoms with Crippen molar-refractivity contribution >= 4 is 11.9 Å². The van der Waals surface area contributed by atoms with Gasteiger partial charge in [-0.05, 0) is 58.7 Å². The van der Waals surface area contributed by atoms with Gasteiger partial charge in [0, 0.05) is 6.54 Å². The molecule has 2 fully saturated rings. The Balaban J connectivity index is 1.74. The number of rotatable bonds is 4. The highest BCUT2D eigenvalue weighted by molar-refractivity contribution is 6.06. The zero-order valence-corrected chi connectivity index (χ0v) is 12.2. The Morgan fingerprint density at radius 2 is 1.84 bits per heavy atom. The maximum Gasteiger partial charge on any atom is 0.325 e. The third-order valence-corrected chi connectivity index (χ3v) is 4.18. The summed E-state index contributed by atoms with van der Waals surface area (Å²) in [5.41, 5.74) is -0.738. The number of hydrogen-bond donors (Lipinski definition) is 1. The minimum Gasteiger partial charge on any atom is -0.324 e. The Morgan fingerprint density at radius 1 is 1.21 bits per heavy atom. The first-order valence-corrected chi connectivity index (χ1v) is 7.26. The molecule has 3 amide bonds. The predicted octanol–water partition coefficient (Wildman–Crippen LogP) is 1.44. The summed E-state index contributed by atoms with van der Waals surface area (Å²) < 4.78 is 0. The van der Waals surface area contributed by atoms with Gasteiger partial charge in [-0.3, -0.25) is 9.69 Å². The second-order valence-corrected chi connectivity index (χ2v) is 6.39. The molecule has 0 aliphatic carbocycles. The van der Waals surface area contributed by atoms with Crippen molar-refractivity contribution in [2.45, 2.75) is 45.6 Å². The van der Waals surface area contributed by atoms with E-state index in [1.165, 1.54) is 17.7 Å². The van der Waals surface area contributed by atoms with Crippen LogP contribution < -0.4 is 5.32 Å². The molecular formula is C14H25N3O2. The first kappa shape index (κ1) is 14.3. The molecule has 5 nitrogen and oxygen atoms in total. The van der Waals surface area contributed by atoms with Crippen LogP contribution in [0.4, 0.5) is 4.79 Å². The molecule has 2 heterocycles. The molecule has 2 rings (SSSR count). The van der Waals surface area contributed by atoms with Crippen molar-refractivity contribution in [3.05, 3.63) is 0 Å². The number of nitrogens with one attached hydrogen (secondary N) is 1. The SMILES string of the molecule is CC1CCN(CCCN2C(=O)NC(C)(C)C2=O)CC1. The standard InChI is InChI=1S/C14H25N3O2/c1-11-5-9-16(10-6-11)7-4-8-17-12(18)14(2,3)15-13(17)19/h11H,4-10H2,1-3H3,(H,15,19). The van der Waals surface area contributed by atoms with Crippen LogP contribution in [-0.4, -0.2) is 53.5 Å². The van der Waals surface area contributed by atoms with Crippen LogP contribution in [0.2, 0.25) is 0 Å². The third kappa shape index (κ3) is 3.26. The molecular weight excluding hydrogens is 242 g/mol. The number of carbonyl (C=O) groups is 2. The maximum absolute atomic E-state index is 12.0. The number of imide groups is 1. The van der Waals surface area contributed by atoms with Crippen LogP contribution in [0.25, 0.3) is 0 Å². The molecule has 0 bridgehead atoms. The number of piperidine rings is 1. The average Bonchev–Trinajstić information content (AvgIpc) is 2.53. The Bertz CT molecular complexity index is 360. The first-order chi connectivity index (χ1) is 8.90. The van der Waals surface area contributed by atoms with E-state index in [1.54, 1.807) is 13.8 Å². The zero-order valence-electron chi connectivity index (χ0n) is 12.2. The molecule has 0 unspecified atom stereocenters. The van der Waals surface area contributed by atoms with Crippen LogP contribution in [0, 0.1) is 5.92 Å². The Labute approximate surface area is 115 Å². The Hall–Kier alpha value is -1.10. The second kappa shape index (κ2) is 5.49. The molecule has 2 aliphatic rings. The molecule has 19 heavy (non-hydrogen) atoms. The topological polar surface area (TPSA) is 52.6 Å². The van der Waals surface area contributed by atoms with Crippen molar-refractivity contribution in [3.63, 3.8) is 0 Å². The van der Waals surface area contributed by atoms with Crippen LogP contribution in [-0.2, 0) is 4.79 Å². The van der Waals surface area contributed by atoms with Gasteiger partial charge >= 0.3 is 6.03 Å².